The SMILES string of the molecule is Cc1ccc(-c2ccc(C=Nn3c(-c4cc5ccccc5o4)nc4ccccc4c3=O)o2)c(Br)c1. The van der Waals surface area contributed by atoms with Gasteiger partial charge in [-0.3, -0.25) is 4.79 Å². The summed E-state index contributed by atoms with van der Waals surface area (Å²) in [6.07, 6.45) is 1.51. The van der Waals surface area contributed by atoms with Crippen molar-refractivity contribution in [1.82, 2.24) is 9.66 Å². The topological polar surface area (TPSA) is 73.5 Å². The van der Waals surface area contributed by atoms with Gasteiger partial charge in [0.25, 0.3) is 5.56 Å². The van der Waals surface area contributed by atoms with Crippen LogP contribution < -0.4 is 5.56 Å². The zero-order valence-electron chi connectivity index (χ0n) is 18.6. The highest BCUT2D eigenvalue weighted by Crippen LogP contribution is 2.30. The fourth-order valence-corrected chi connectivity index (χ4v) is 4.67. The molecule has 170 valence electrons. The van der Waals surface area contributed by atoms with E-state index in [0.29, 0.717) is 39.6 Å². The number of aromatic nitrogens is 2. The summed E-state index contributed by atoms with van der Waals surface area (Å²) in [6, 6.07) is 26.4. The molecule has 0 radical (unpaired) electrons. The van der Waals surface area contributed by atoms with Crippen LogP contribution in [0.15, 0.2) is 108 Å². The molecule has 0 aliphatic rings. The molecule has 3 heterocycles. The first-order chi connectivity index (χ1) is 17.1. The van der Waals surface area contributed by atoms with Crippen LogP contribution in [0.2, 0.25) is 0 Å². The summed E-state index contributed by atoms with van der Waals surface area (Å²) in [5, 5.41) is 5.85. The van der Waals surface area contributed by atoms with Crippen LogP contribution in [-0.2, 0) is 0 Å². The van der Waals surface area contributed by atoms with Crippen molar-refractivity contribution in [3.63, 3.8) is 0 Å². The lowest BCUT2D eigenvalue weighted by atomic mass is 10.1. The molecule has 6 aromatic rings. The maximum atomic E-state index is 13.4. The maximum Gasteiger partial charge on any atom is 0.282 e. The predicted molar refractivity (Wildman–Crippen MR) is 141 cm³/mol. The molecular weight excluding hydrogens is 506 g/mol. The van der Waals surface area contributed by atoms with E-state index >= 15 is 0 Å². The highest BCUT2D eigenvalue weighted by Gasteiger charge is 2.16. The van der Waals surface area contributed by atoms with Crippen molar-refractivity contribution in [2.75, 3.05) is 0 Å². The van der Waals surface area contributed by atoms with Gasteiger partial charge in [-0.05, 0) is 61.0 Å². The zero-order valence-corrected chi connectivity index (χ0v) is 20.2. The second-order valence-electron chi connectivity index (χ2n) is 8.15. The quantitative estimate of drug-likeness (QED) is 0.232. The van der Waals surface area contributed by atoms with E-state index in [0.717, 1.165) is 21.0 Å². The van der Waals surface area contributed by atoms with Crippen molar-refractivity contribution < 1.29 is 8.83 Å². The van der Waals surface area contributed by atoms with E-state index in [1.165, 1.54) is 10.9 Å². The molecule has 35 heavy (non-hydrogen) atoms. The maximum absolute atomic E-state index is 13.4. The van der Waals surface area contributed by atoms with Gasteiger partial charge in [0.05, 0.1) is 17.1 Å². The Kier molecular flexibility index (Phi) is 5.19. The van der Waals surface area contributed by atoms with E-state index in [4.69, 9.17) is 13.8 Å². The molecule has 0 aliphatic heterocycles. The molecule has 0 unspecified atom stereocenters. The molecule has 7 heteroatoms. The average molecular weight is 524 g/mol. The molecule has 0 aliphatic carbocycles. The van der Waals surface area contributed by atoms with E-state index in [9.17, 15) is 4.79 Å². The average Bonchev–Trinajstić information content (AvgIpc) is 3.50. The molecule has 0 fully saturated rings. The summed E-state index contributed by atoms with van der Waals surface area (Å²) >= 11 is 3.59. The van der Waals surface area contributed by atoms with E-state index in [1.807, 2.05) is 73.7 Å². The summed E-state index contributed by atoms with van der Waals surface area (Å²) in [5.41, 5.74) is 3.07. The van der Waals surface area contributed by atoms with E-state index in [-0.39, 0.29) is 5.56 Å². The number of para-hydroxylation sites is 2. The number of hydrogen-bond donors (Lipinski definition) is 0. The number of rotatable bonds is 4. The van der Waals surface area contributed by atoms with E-state index in [2.05, 4.69) is 21.0 Å². The summed E-state index contributed by atoms with van der Waals surface area (Å²) < 4.78 is 14.2. The number of halogens is 1. The van der Waals surface area contributed by atoms with Crippen LogP contribution in [0.5, 0.6) is 0 Å². The number of benzene rings is 3. The first-order valence-corrected chi connectivity index (χ1v) is 11.8. The number of aryl methyl sites for hydroxylation is 1. The van der Waals surface area contributed by atoms with Crippen molar-refractivity contribution in [2.45, 2.75) is 6.92 Å². The van der Waals surface area contributed by atoms with Crippen LogP contribution in [0.3, 0.4) is 0 Å². The van der Waals surface area contributed by atoms with Crippen molar-refractivity contribution in [3.8, 4) is 22.9 Å². The molecule has 6 rings (SSSR count). The highest BCUT2D eigenvalue weighted by atomic mass is 79.9. The molecule has 0 spiro atoms. The molecule has 0 saturated heterocycles. The minimum absolute atomic E-state index is 0.296. The monoisotopic (exact) mass is 523 g/mol. The number of fused-ring (bicyclic) bond motifs is 2. The van der Waals surface area contributed by atoms with Crippen molar-refractivity contribution in [2.24, 2.45) is 5.10 Å². The van der Waals surface area contributed by atoms with Crippen LogP contribution >= 0.6 is 15.9 Å². The minimum atomic E-state index is -0.296. The Bertz CT molecular complexity index is 1780. The summed E-state index contributed by atoms with van der Waals surface area (Å²) in [7, 11) is 0. The van der Waals surface area contributed by atoms with Gasteiger partial charge in [-0.25, -0.2) is 4.98 Å². The van der Waals surface area contributed by atoms with Gasteiger partial charge in [0.2, 0.25) is 5.82 Å². The summed E-state index contributed by atoms with van der Waals surface area (Å²) in [4.78, 5) is 18.1. The van der Waals surface area contributed by atoms with E-state index < -0.39 is 0 Å². The highest BCUT2D eigenvalue weighted by molar-refractivity contribution is 9.10. The van der Waals surface area contributed by atoms with Crippen molar-refractivity contribution in [1.29, 1.82) is 0 Å². The Labute approximate surface area is 208 Å². The van der Waals surface area contributed by atoms with Gasteiger partial charge in [0.15, 0.2) is 5.76 Å². The molecule has 6 nitrogen and oxygen atoms in total. The van der Waals surface area contributed by atoms with Crippen LogP contribution in [0.1, 0.15) is 11.3 Å². The third kappa shape index (κ3) is 3.90. The molecule has 0 atom stereocenters. The largest absolute Gasteiger partial charge is 0.455 e. The van der Waals surface area contributed by atoms with Crippen LogP contribution in [0, 0.1) is 6.92 Å². The Morgan fingerprint density at radius 3 is 2.60 bits per heavy atom. The summed E-state index contributed by atoms with van der Waals surface area (Å²) in [5.74, 6) is 1.96. The van der Waals surface area contributed by atoms with Crippen LogP contribution in [0.4, 0.5) is 0 Å². The Balaban J connectivity index is 1.46. The number of furan rings is 2. The first kappa shape index (κ1) is 21.3. The summed E-state index contributed by atoms with van der Waals surface area (Å²) in [6.45, 7) is 2.03. The molecule has 3 aromatic heterocycles. The lowest BCUT2D eigenvalue weighted by Gasteiger charge is -2.06. The molecule has 0 saturated carbocycles. The smallest absolute Gasteiger partial charge is 0.282 e. The van der Waals surface area contributed by atoms with Crippen LogP contribution in [-0.4, -0.2) is 15.9 Å². The predicted octanol–water partition coefficient (Wildman–Crippen LogP) is 7.02. The van der Waals surface area contributed by atoms with Crippen molar-refractivity contribution in [3.05, 3.63) is 111 Å². The minimum Gasteiger partial charge on any atom is -0.455 e. The number of nitrogens with zero attached hydrogens (tertiary/aromatic N) is 3. The van der Waals surface area contributed by atoms with Gasteiger partial charge in [-0.1, -0.05) is 52.3 Å². The normalized spacial score (nSPS) is 11.7. The Morgan fingerprint density at radius 2 is 1.74 bits per heavy atom. The molecule has 0 bridgehead atoms. The van der Waals surface area contributed by atoms with Gasteiger partial charge >= 0.3 is 0 Å². The molecule has 3 aromatic carbocycles. The lowest BCUT2D eigenvalue weighted by molar-refractivity contribution is 0.573. The molecular formula is C28H18BrN3O3. The van der Waals surface area contributed by atoms with Gasteiger partial charge in [0.1, 0.15) is 17.1 Å². The fraction of sp³-hybridized carbons (Fsp3) is 0.0357. The van der Waals surface area contributed by atoms with Crippen molar-refractivity contribution >= 4 is 44.0 Å². The number of hydrogen-bond acceptors (Lipinski definition) is 5. The standard InChI is InChI=1S/C28H18BrN3O3/c1-17-10-12-20(22(29)14-17)25-13-11-19(34-25)16-30-32-27(26-15-18-6-2-5-9-24(18)35-26)31-23-8-4-3-7-21(23)28(32)33/h2-16H,1H3. The Morgan fingerprint density at radius 1 is 0.914 bits per heavy atom. The Hall–Kier alpha value is -4.23. The third-order valence-corrected chi connectivity index (χ3v) is 6.37. The molecule has 0 amide bonds. The second-order valence-corrected chi connectivity index (χ2v) is 9.00. The second kappa shape index (κ2) is 8.52. The van der Waals surface area contributed by atoms with E-state index in [1.54, 1.807) is 18.2 Å². The fourth-order valence-electron chi connectivity index (χ4n) is 3.98. The van der Waals surface area contributed by atoms with Crippen LogP contribution in [0.25, 0.3) is 44.8 Å². The van der Waals surface area contributed by atoms with Gasteiger partial charge in [0, 0.05) is 15.4 Å². The zero-order chi connectivity index (χ0) is 23.9. The third-order valence-electron chi connectivity index (χ3n) is 5.72. The van der Waals surface area contributed by atoms with Gasteiger partial charge in [-0.15, -0.1) is 0 Å². The van der Waals surface area contributed by atoms with Gasteiger partial charge < -0.3 is 8.83 Å². The molecule has 0 N–H and O–H groups in total. The van der Waals surface area contributed by atoms with Gasteiger partial charge in [-0.2, -0.15) is 9.78 Å². The first-order valence-electron chi connectivity index (χ1n) is 11.0. The lowest BCUT2D eigenvalue weighted by Crippen LogP contribution is -2.20.